The van der Waals surface area contributed by atoms with Gasteiger partial charge in [-0.05, 0) is 44.5 Å². The fourth-order valence-electron chi connectivity index (χ4n) is 2.18. The fraction of sp³-hybridized carbons (Fsp3) is 0.222. The second-order valence-electron chi connectivity index (χ2n) is 5.58. The number of carbonyl (C=O) groups is 2. The van der Waals surface area contributed by atoms with Gasteiger partial charge in [0.25, 0.3) is 5.91 Å². The van der Waals surface area contributed by atoms with E-state index in [1.165, 1.54) is 6.92 Å². The molecule has 2 aromatic carbocycles. The van der Waals surface area contributed by atoms with Gasteiger partial charge in [0, 0.05) is 0 Å². The van der Waals surface area contributed by atoms with E-state index >= 15 is 0 Å². The smallest absolute Gasteiger partial charge is 0.339 e. The Morgan fingerprint density at radius 1 is 1.04 bits per heavy atom. The van der Waals surface area contributed by atoms with E-state index < -0.39 is 41.1 Å². The average Bonchev–Trinajstić information content (AvgIpc) is 2.55. The van der Waals surface area contributed by atoms with E-state index in [9.17, 15) is 22.8 Å². The second-order valence-corrected chi connectivity index (χ2v) is 5.58. The molecule has 0 aliphatic rings. The van der Waals surface area contributed by atoms with Gasteiger partial charge in [-0.3, -0.25) is 4.79 Å². The summed E-state index contributed by atoms with van der Waals surface area (Å²) < 4.78 is 44.7. The molecule has 2 rings (SSSR count). The SMILES string of the molecule is Cc1ccc(C(=O)O[C@@H](C)C(=O)Nc2ccc(F)c(F)c2F)c(C)c1. The Kier molecular flexibility index (Phi) is 5.46. The van der Waals surface area contributed by atoms with Gasteiger partial charge in [-0.15, -0.1) is 0 Å². The molecule has 4 nitrogen and oxygen atoms in total. The third kappa shape index (κ3) is 4.17. The molecule has 0 unspecified atom stereocenters. The van der Waals surface area contributed by atoms with E-state index in [1.807, 2.05) is 6.92 Å². The predicted octanol–water partition coefficient (Wildman–Crippen LogP) is 3.90. The van der Waals surface area contributed by atoms with Gasteiger partial charge in [-0.1, -0.05) is 17.7 Å². The molecule has 1 atom stereocenters. The van der Waals surface area contributed by atoms with Crippen LogP contribution in [0.15, 0.2) is 30.3 Å². The van der Waals surface area contributed by atoms with Crippen LogP contribution in [0.1, 0.15) is 28.4 Å². The Balaban J connectivity index is 2.08. The fourth-order valence-corrected chi connectivity index (χ4v) is 2.18. The summed E-state index contributed by atoms with van der Waals surface area (Å²) in [6.07, 6.45) is -1.26. The van der Waals surface area contributed by atoms with E-state index in [2.05, 4.69) is 5.32 Å². The number of hydrogen-bond donors (Lipinski definition) is 1. The lowest BCUT2D eigenvalue weighted by Crippen LogP contribution is -2.30. The first-order valence-corrected chi connectivity index (χ1v) is 7.43. The highest BCUT2D eigenvalue weighted by atomic mass is 19.2. The third-order valence-electron chi connectivity index (χ3n) is 3.55. The minimum atomic E-state index is -1.70. The van der Waals surface area contributed by atoms with Crippen molar-refractivity contribution in [1.29, 1.82) is 0 Å². The topological polar surface area (TPSA) is 55.4 Å². The van der Waals surface area contributed by atoms with Crippen LogP contribution in [0.25, 0.3) is 0 Å². The Morgan fingerprint density at radius 3 is 2.36 bits per heavy atom. The summed E-state index contributed by atoms with van der Waals surface area (Å²) in [5.74, 6) is -6.18. The van der Waals surface area contributed by atoms with Gasteiger partial charge in [-0.25, -0.2) is 18.0 Å². The van der Waals surface area contributed by atoms with Gasteiger partial charge >= 0.3 is 5.97 Å². The molecule has 0 spiro atoms. The molecule has 1 N–H and O–H groups in total. The highest BCUT2D eigenvalue weighted by Crippen LogP contribution is 2.20. The van der Waals surface area contributed by atoms with Crippen molar-refractivity contribution >= 4 is 17.6 Å². The molecule has 0 fully saturated rings. The lowest BCUT2D eigenvalue weighted by molar-refractivity contribution is -0.123. The van der Waals surface area contributed by atoms with Crippen molar-refractivity contribution in [1.82, 2.24) is 0 Å². The molecule has 1 amide bonds. The van der Waals surface area contributed by atoms with Crippen molar-refractivity contribution in [3.8, 4) is 0 Å². The molecule has 0 radical (unpaired) electrons. The van der Waals surface area contributed by atoms with E-state index in [0.717, 1.165) is 11.6 Å². The van der Waals surface area contributed by atoms with Gasteiger partial charge in [0.1, 0.15) is 0 Å². The number of esters is 1. The van der Waals surface area contributed by atoms with Gasteiger partial charge < -0.3 is 10.1 Å². The number of anilines is 1. The maximum absolute atomic E-state index is 13.6. The Labute approximate surface area is 142 Å². The zero-order valence-electron chi connectivity index (χ0n) is 13.8. The van der Waals surface area contributed by atoms with Crippen molar-refractivity contribution in [3.63, 3.8) is 0 Å². The molecule has 0 aliphatic carbocycles. The van der Waals surface area contributed by atoms with Crippen LogP contribution in [0.5, 0.6) is 0 Å². The molecular weight excluding hydrogens is 335 g/mol. The van der Waals surface area contributed by atoms with E-state index in [1.54, 1.807) is 25.1 Å². The Hall–Kier alpha value is -2.83. The van der Waals surface area contributed by atoms with Crippen LogP contribution in [-0.4, -0.2) is 18.0 Å². The number of rotatable bonds is 4. The van der Waals surface area contributed by atoms with Crippen LogP contribution >= 0.6 is 0 Å². The Morgan fingerprint density at radius 2 is 1.72 bits per heavy atom. The number of halogens is 3. The molecule has 0 bridgehead atoms. The lowest BCUT2D eigenvalue weighted by atomic mass is 10.1. The number of amides is 1. The van der Waals surface area contributed by atoms with Crippen LogP contribution in [0.4, 0.5) is 18.9 Å². The standard InChI is InChI=1S/C18H16F3NO3/c1-9-4-5-12(10(2)8-9)18(24)25-11(3)17(23)22-14-7-6-13(19)15(20)16(14)21/h4-8,11H,1-3H3,(H,22,23)/t11-/m0/s1. The third-order valence-corrected chi connectivity index (χ3v) is 3.55. The van der Waals surface area contributed by atoms with E-state index in [0.29, 0.717) is 17.2 Å². The van der Waals surface area contributed by atoms with Crippen LogP contribution in [-0.2, 0) is 9.53 Å². The van der Waals surface area contributed by atoms with Crippen LogP contribution in [0.3, 0.4) is 0 Å². The molecule has 0 aromatic heterocycles. The molecule has 25 heavy (non-hydrogen) atoms. The highest BCUT2D eigenvalue weighted by molar-refractivity contribution is 5.97. The molecule has 2 aromatic rings. The summed E-state index contributed by atoms with van der Waals surface area (Å²) in [5.41, 5.74) is 1.40. The normalized spacial score (nSPS) is 11.8. The van der Waals surface area contributed by atoms with Gasteiger partial charge in [0.2, 0.25) is 0 Å². The first kappa shape index (κ1) is 18.5. The minimum absolute atomic E-state index is 0.296. The summed E-state index contributed by atoms with van der Waals surface area (Å²) in [6, 6.07) is 6.65. The molecule has 7 heteroatoms. The van der Waals surface area contributed by atoms with Gasteiger partial charge in [0.05, 0.1) is 11.3 Å². The van der Waals surface area contributed by atoms with Crippen molar-refractivity contribution in [2.24, 2.45) is 0 Å². The largest absolute Gasteiger partial charge is 0.449 e. The first-order valence-electron chi connectivity index (χ1n) is 7.43. The van der Waals surface area contributed by atoms with Crippen LogP contribution < -0.4 is 5.32 Å². The summed E-state index contributed by atoms with van der Waals surface area (Å²) >= 11 is 0. The average molecular weight is 351 g/mol. The lowest BCUT2D eigenvalue weighted by Gasteiger charge is -2.15. The molecular formula is C18H16F3NO3. The molecule has 0 saturated carbocycles. The van der Waals surface area contributed by atoms with Crippen LogP contribution in [0, 0.1) is 31.3 Å². The molecule has 0 saturated heterocycles. The highest BCUT2D eigenvalue weighted by Gasteiger charge is 2.22. The van der Waals surface area contributed by atoms with E-state index in [-0.39, 0.29) is 0 Å². The Bertz CT molecular complexity index is 837. The first-order chi connectivity index (χ1) is 11.7. The quantitative estimate of drug-likeness (QED) is 0.671. The molecule has 0 heterocycles. The maximum Gasteiger partial charge on any atom is 0.339 e. The summed E-state index contributed by atoms with van der Waals surface area (Å²) in [5, 5.41) is 2.06. The van der Waals surface area contributed by atoms with Gasteiger partial charge in [-0.2, -0.15) is 0 Å². The minimum Gasteiger partial charge on any atom is -0.449 e. The van der Waals surface area contributed by atoms with Crippen molar-refractivity contribution in [3.05, 3.63) is 64.5 Å². The molecule has 132 valence electrons. The van der Waals surface area contributed by atoms with Crippen molar-refractivity contribution < 1.29 is 27.5 Å². The van der Waals surface area contributed by atoms with E-state index in [4.69, 9.17) is 4.74 Å². The number of carbonyl (C=O) groups excluding carboxylic acids is 2. The number of nitrogens with one attached hydrogen (secondary N) is 1. The summed E-state index contributed by atoms with van der Waals surface area (Å²) in [6.45, 7) is 4.88. The number of ether oxygens (including phenoxy) is 1. The van der Waals surface area contributed by atoms with Crippen LogP contribution in [0.2, 0.25) is 0 Å². The zero-order chi connectivity index (χ0) is 18.7. The number of hydrogen-bond acceptors (Lipinski definition) is 3. The van der Waals surface area contributed by atoms with Gasteiger partial charge in [0.15, 0.2) is 23.6 Å². The summed E-state index contributed by atoms with van der Waals surface area (Å²) in [7, 11) is 0. The second kappa shape index (κ2) is 7.38. The predicted molar refractivity (Wildman–Crippen MR) is 85.7 cm³/mol. The molecule has 0 aliphatic heterocycles. The number of aryl methyl sites for hydroxylation is 2. The zero-order valence-corrected chi connectivity index (χ0v) is 13.8. The number of benzene rings is 2. The monoisotopic (exact) mass is 351 g/mol. The van der Waals surface area contributed by atoms with Crippen molar-refractivity contribution in [2.45, 2.75) is 26.9 Å². The maximum atomic E-state index is 13.6. The van der Waals surface area contributed by atoms with Crippen molar-refractivity contribution in [2.75, 3.05) is 5.32 Å². The summed E-state index contributed by atoms with van der Waals surface area (Å²) in [4.78, 5) is 24.1.